The molecule has 0 bridgehead atoms. The molecule has 1 aromatic rings. The second kappa shape index (κ2) is 8.82. The van der Waals surface area contributed by atoms with E-state index >= 15 is 0 Å². The van der Waals surface area contributed by atoms with Crippen LogP contribution in [0.25, 0.3) is 0 Å². The summed E-state index contributed by atoms with van der Waals surface area (Å²) in [5.41, 5.74) is 1.26. The first-order valence-corrected chi connectivity index (χ1v) is 12.7. The highest BCUT2D eigenvalue weighted by molar-refractivity contribution is 7.89. The molecule has 0 radical (unpaired) electrons. The fraction of sp³-hybridized carbons (Fsp3) is 0.667. The van der Waals surface area contributed by atoms with Crippen LogP contribution in [0.15, 0.2) is 17.0 Å². The first-order valence-electron chi connectivity index (χ1n) is 10.9. The summed E-state index contributed by atoms with van der Waals surface area (Å²) in [7, 11) is -3.71. The SMILES string of the molecule is O=C(c1cc(S(=O)(=O)N2CCCCC2)c(Cl)cc1N1CCCC1)N1CCCCC1. The summed E-state index contributed by atoms with van der Waals surface area (Å²) < 4.78 is 28.1. The van der Waals surface area contributed by atoms with Crippen LogP contribution in [0.2, 0.25) is 5.02 Å². The third kappa shape index (κ3) is 4.28. The molecule has 0 unspecified atom stereocenters. The largest absolute Gasteiger partial charge is 0.371 e. The van der Waals surface area contributed by atoms with E-state index in [4.69, 9.17) is 11.6 Å². The zero-order valence-corrected chi connectivity index (χ0v) is 18.5. The molecule has 4 rings (SSSR count). The van der Waals surface area contributed by atoms with Gasteiger partial charge >= 0.3 is 0 Å². The van der Waals surface area contributed by atoms with Crippen LogP contribution in [-0.2, 0) is 10.0 Å². The van der Waals surface area contributed by atoms with Crippen molar-refractivity contribution in [1.82, 2.24) is 9.21 Å². The first kappa shape index (κ1) is 20.9. The Labute approximate surface area is 178 Å². The van der Waals surface area contributed by atoms with Gasteiger partial charge in [0, 0.05) is 39.3 Å². The molecule has 0 N–H and O–H groups in total. The second-order valence-corrected chi connectivity index (χ2v) is 10.6. The highest BCUT2D eigenvalue weighted by atomic mass is 35.5. The Morgan fingerprint density at radius 3 is 1.97 bits per heavy atom. The predicted molar refractivity (Wildman–Crippen MR) is 115 cm³/mol. The number of piperidine rings is 2. The van der Waals surface area contributed by atoms with Gasteiger partial charge in [-0.05, 0) is 57.1 Å². The van der Waals surface area contributed by atoms with E-state index in [1.807, 2.05) is 4.90 Å². The summed E-state index contributed by atoms with van der Waals surface area (Å²) in [6, 6.07) is 3.26. The number of rotatable bonds is 4. The highest BCUT2D eigenvalue weighted by Gasteiger charge is 2.32. The standard InChI is InChI=1S/C21H30ClN3O3S/c22-18-16-19(23-9-7-8-10-23)17(21(26)24-11-3-1-4-12-24)15-20(18)29(27,28)25-13-5-2-6-14-25/h15-16H,1-14H2. The number of hydrogen-bond donors (Lipinski definition) is 0. The Balaban J connectivity index is 1.75. The summed E-state index contributed by atoms with van der Waals surface area (Å²) in [6.07, 6.45) is 8.05. The number of amides is 1. The molecule has 160 valence electrons. The average molecular weight is 440 g/mol. The topological polar surface area (TPSA) is 60.9 Å². The van der Waals surface area contributed by atoms with Crippen molar-refractivity contribution in [2.24, 2.45) is 0 Å². The fourth-order valence-electron chi connectivity index (χ4n) is 4.64. The maximum absolute atomic E-state index is 13.4. The molecule has 3 saturated heterocycles. The lowest BCUT2D eigenvalue weighted by atomic mass is 10.1. The minimum Gasteiger partial charge on any atom is -0.371 e. The number of carbonyl (C=O) groups excluding carboxylic acids is 1. The van der Waals surface area contributed by atoms with Crippen LogP contribution < -0.4 is 4.90 Å². The lowest BCUT2D eigenvalue weighted by Crippen LogP contribution is -2.38. The van der Waals surface area contributed by atoms with E-state index < -0.39 is 10.0 Å². The minimum absolute atomic E-state index is 0.0710. The molecular formula is C21H30ClN3O3S. The Morgan fingerprint density at radius 2 is 1.34 bits per heavy atom. The van der Waals surface area contributed by atoms with E-state index in [-0.39, 0.29) is 15.8 Å². The van der Waals surface area contributed by atoms with Gasteiger partial charge in [0.15, 0.2) is 0 Å². The van der Waals surface area contributed by atoms with Gasteiger partial charge < -0.3 is 9.80 Å². The Kier molecular flexibility index (Phi) is 6.37. The molecule has 3 heterocycles. The quantitative estimate of drug-likeness (QED) is 0.716. The van der Waals surface area contributed by atoms with E-state index in [2.05, 4.69) is 4.90 Å². The van der Waals surface area contributed by atoms with Crippen LogP contribution in [0, 0.1) is 0 Å². The van der Waals surface area contributed by atoms with E-state index in [1.165, 1.54) is 4.31 Å². The van der Waals surface area contributed by atoms with Crippen LogP contribution in [0.1, 0.15) is 61.7 Å². The van der Waals surface area contributed by atoms with Crippen molar-refractivity contribution in [3.8, 4) is 0 Å². The van der Waals surface area contributed by atoms with Crippen molar-refractivity contribution in [2.75, 3.05) is 44.2 Å². The van der Waals surface area contributed by atoms with Crippen molar-refractivity contribution >= 4 is 33.2 Å². The number of benzene rings is 1. The van der Waals surface area contributed by atoms with Crippen LogP contribution in [0.3, 0.4) is 0 Å². The number of likely N-dealkylation sites (tertiary alicyclic amines) is 1. The van der Waals surface area contributed by atoms with Gasteiger partial charge in [0.1, 0.15) is 4.90 Å². The molecule has 0 spiro atoms. The summed E-state index contributed by atoms with van der Waals surface area (Å²) in [5.74, 6) is -0.0710. The molecule has 8 heteroatoms. The van der Waals surface area contributed by atoms with Crippen molar-refractivity contribution in [1.29, 1.82) is 0 Å². The molecule has 0 saturated carbocycles. The number of anilines is 1. The number of carbonyl (C=O) groups is 1. The van der Waals surface area contributed by atoms with Crippen LogP contribution in [-0.4, -0.2) is 62.8 Å². The van der Waals surface area contributed by atoms with Crippen LogP contribution in [0.4, 0.5) is 5.69 Å². The van der Waals surface area contributed by atoms with Crippen LogP contribution >= 0.6 is 11.6 Å². The number of sulfonamides is 1. The summed E-state index contributed by atoms with van der Waals surface area (Å²) in [4.78, 5) is 17.5. The Morgan fingerprint density at radius 1 is 0.793 bits per heavy atom. The zero-order valence-electron chi connectivity index (χ0n) is 16.9. The zero-order chi connectivity index (χ0) is 20.4. The Bertz CT molecular complexity index is 856. The molecular weight excluding hydrogens is 410 g/mol. The minimum atomic E-state index is -3.71. The average Bonchev–Trinajstić information content (AvgIpc) is 3.29. The van der Waals surface area contributed by atoms with Crippen LogP contribution in [0.5, 0.6) is 0 Å². The van der Waals surface area contributed by atoms with E-state index in [1.54, 1.807) is 12.1 Å². The summed E-state index contributed by atoms with van der Waals surface area (Å²) in [6.45, 7) is 4.23. The molecule has 1 amide bonds. The van der Waals surface area contributed by atoms with Gasteiger partial charge in [-0.3, -0.25) is 4.79 Å². The molecule has 6 nitrogen and oxygen atoms in total. The fourth-order valence-corrected chi connectivity index (χ4v) is 6.68. The molecule has 3 aliphatic rings. The molecule has 3 aliphatic heterocycles. The molecule has 0 aliphatic carbocycles. The van der Waals surface area contributed by atoms with Crippen molar-refractivity contribution in [3.63, 3.8) is 0 Å². The molecule has 0 aromatic heterocycles. The maximum Gasteiger partial charge on any atom is 0.256 e. The van der Waals surface area contributed by atoms with E-state index in [0.717, 1.165) is 83.2 Å². The number of nitrogens with zero attached hydrogens (tertiary/aromatic N) is 3. The maximum atomic E-state index is 13.4. The second-order valence-electron chi connectivity index (χ2n) is 8.31. The molecule has 1 aromatic carbocycles. The smallest absolute Gasteiger partial charge is 0.256 e. The van der Waals surface area contributed by atoms with Gasteiger partial charge in [0.25, 0.3) is 5.91 Å². The van der Waals surface area contributed by atoms with Crippen molar-refractivity contribution in [3.05, 3.63) is 22.7 Å². The first-order chi connectivity index (χ1) is 14.0. The van der Waals surface area contributed by atoms with Gasteiger partial charge in [0.05, 0.1) is 16.3 Å². The normalized spacial score (nSPS) is 21.6. The van der Waals surface area contributed by atoms with Crippen molar-refractivity contribution in [2.45, 2.75) is 56.3 Å². The Hall–Kier alpha value is -1.31. The van der Waals surface area contributed by atoms with E-state index in [0.29, 0.717) is 18.7 Å². The van der Waals surface area contributed by atoms with E-state index in [9.17, 15) is 13.2 Å². The predicted octanol–water partition coefficient (Wildman–Crippen LogP) is 3.74. The number of halogens is 1. The third-order valence-corrected chi connectivity index (χ3v) is 8.67. The highest BCUT2D eigenvalue weighted by Crippen LogP contribution is 2.36. The summed E-state index contributed by atoms with van der Waals surface area (Å²) in [5, 5.41) is 0.215. The van der Waals surface area contributed by atoms with Gasteiger partial charge in [-0.2, -0.15) is 4.31 Å². The lowest BCUT2D eigenvalue weighted by Gasteiger charge is -2.30. The third-order valence-electron chi connectivity index (χ3n) is 6.30. The molecule has 3 fully saturated rings. The van der Waals surface area contributed by atoms with Crippen molar-refractivity contribution < 1.29 is 13.2 Å². The monoisotopic (exact) mass is 439 g/mol. The lowest BCUT2D eigenvalue weighted by molar-refractivity contribution is 0.0724. The summed E-state index contributed by atoms with van der Waals surface area (Å²) >= 11 is 6.52. The van der Waals surface area contributed by atoms with Gasteiger partial charge in [-0.15, -0.1) is 0 Å². The van der Waals surface area contributed by atoms with Gasteiger partial charge in [-0.25, -0.2) is 8.42 Å². The number of hydrogen-bond acceptors (Lipinski definition) is 4. The van der Waals surface area contributed by atoms with Gasteiger partial charge in [-0.1, -0.05) is 18.0 Å². The molecule has 0 atom stereocenters. The van der Waals surface area contributed by atoms with Gasteiger partial charge in [0.2, 0.25) is 10.0 Å². The molecule has 29 heavy (non-hydrogen) atoms.